The summed E-state index contributed by atoms with van der Waals surface area (Å²) in [6.07, 6.45) is -5.68. The van der Waals surface area contributed by atoms with Gasteiger partial charge in [-0.3, -0.25) is 0 Å². The summed E-state index contributed by atoms with van der Waals surface area (Å²) in [4.78, 5) is 0. The van der Waals surface area contributed by atoms with Gasteiger partial charge in [-0.1, -0.05) is 12.1 Å². The summed E-state index contributed by atoms with van der Waals surface area (Å²) < 4.78 is 67.3. The molecule has 0 unspecified atom stereocenters. The highest BCUT2D eigenvalue weighted by molar-refractivity contribution is 5.30. The molecule has 2 N–H and O–H groups in total. The summed E-state index contributed by atoms with van der Waals surface area (Å²) in [6, 6.07) is 2.34. The molecule has 0 aliphatic heterocycles. The Balaban J connectivity index is 2.94. The second kappa shape index (κ2) is 5.09. The highest BCUT2D eigenvalue weighted by Crippen LogP contribution is 2.43. The summed E-state index contributed by atoms with van der Waals surface area (Å²) in [5.41, 5.74) is 4.67. The summed E-state index contributed by atoms with van der Waals surface area (Å²) >= 11 is 0. The first-order chi connectivity index (χ1) is 8.20. The third-order valence-corrected chi connectivity index (χ3v) is 2.32. The molecule has 1 atom stereocenters. The Morgan fingerprint density at radius 1 is 1.11 bits per heavy atom. The second-order valence-electron chi connectivity index (χ2n) is 3.60. The van der Waals surface area contributed by atoms with Crippen LogP contribution in [-0.4, -0.2) is 18.7 Å². The molecule has 0 amide bonds. The fourth-order valence-electron chi connectivity index (χ4n) is 1.32. The first-order valence-electron chi connectivity index (χ1n) is 5.13. The maximum atomic E-state index is 13.0. The van der Waals surface area contributed by atoms with Crippen LogP contribution < -0.4 is 10.5 Å². The first kappa shape index (κ1) is 14.7. The third-order valence-electron chi connectivity index (χ3n) is 2.32. The molecule has 2 nitrogen and oxygen atoms in total. The van der Waals surface area contributed by atoms with Gasteiger partial charge in [0.25, 0.3) is 0 Å². The van der Waals surface area contributed by atoms with Gasteiger partial charge < -0.3 is 10.5 Å². The molecule has 0 fully saturated rings. The van der Waals surface area contributed by atoms with Crippen molar-refractivity contribution in [3.8, 4) is 5.75 Å². The lowest BCUT2D eigenvalue weighted by atomic mass is 10.0. The largest absolute Gasteiger partial charge is 0.494 e. The van der Waals surface area contributed by atoms with Crippen LogP contribution in [0, 0.1) is 0 Å². The number of rotatable bonds is 4. The molecule has 0 heterocycles. The molecule has 1 aromatic carbocycles. The van der Waals surface area contributed by atoms with Crippen LogP contribution in [-0.2, 0) is 0 Å². The Bertz CT molecular complexity index is 387. The number of hydrogen-bond donors (Lipinski definition) is 1. The zero-order valence-electron chi connectivity index (χ0n) is 9.47. The van der Waals surface area contributed by atoms with Crippen LogP contribution in [0.15, 0.2) is 24.3 Å². The Kier molecular flexibility index (Phi) is 4.16. The van der Waals surface area contributed by atoms with Gasteiger partial charge in [0.15, 0.2) is 0 Å². The lowest BCUT2D eigenvalue weighted by Gasteiger charge is -2.26. The molecule has 7 heteroatoms. The van der Waals surface area contributed by atoms with Gasteiger partial charge in [-0.25, -0.2) is 0 Å². The number of hydrogen-bond acceptors (Lipinski definition) is 2. The van der Waals surface area contributed by atoms with Crippen molar-refractivity contribution in [1.82, 2.24) is 0 Å². The van der Waals surface area contributed by atoms with Crippen molar-refractivity contribution >= 4 is 0 Å². The molecule has 0 aliphatic carbocycles. The maximum Gasteiger partial charge on any atom is 0.455 e. The Hall–Kier alpha value is -1.37. The van der Waals surface area contributed by atoms with Gasteiger partial charge in [0.05, 0.1) is 6.61 Å². The molecule has 1 rings (SSSR count). The van der Waals surface area contributed by atoms with Gasteiger partial charge >= 0.3 is 12.1 Å². The van der Waals surface area contributed by atoms with Gasteiger partial charge in [-0.15, -0.1) is 0 Å². The van der Waals surface area contributed by atoms with Crippen LogP contribution in [0.25, 0.3) is 0 Å². The molecular weight excluding hydrogens is 257 g/mol. The molecular formula is C11H12F5NO. The number of nitrogens with two attached hydrogens (primary N) is 1. The lowest BCUT2D eigenvalue weighted by molar-refractivity contribution is -0.291. The van der Waals surface area contributed by atoms with Crippen molar-refractivity contribution in [2.45, 2.75) is 25.1 Å². The zero-order valence-corrected chi connectivity index (χ0v) is 9.47. The van der Waals surface area contributed by atoms with E-state index < -0.39 is 18.1 Å². The van der Waals surface area contributed by atoms with E-state index in [4.69, 9.17) is 10.5 Å². The zero-order chi connectivity index (χ0) is 14.0. The van der Waals surface area contributed by atoms with Crippen LogP contribution in [0.2, 0.25) is 0 Å². The average Bonchev–Trinajstić information content (AvgIpc) is 2.28. The SMILES string of the molecule is CCOc1ccc([C@H](N)C(F)(F)C(F)(F)F)cc1. The predicted molar refractivity (Wildman–Crippen MR) is 55.5 cm³/mol. The molecule has 1 aromatic rings. The molecule has 0 saturated heterocycles. The van der Waals surface area contributed by atoms with Crippen molar-refractivity contribution in [3.63, 3.8) is 0 Å². The summed E-state index contributed by atoms with van der Waals surface area (Å²) in [7, 11) is 0. The summed E-state index contributed by atoms with van der Waals surface area (Å²) in [5.74, 6) is -4.59. The van der Waals surface area contributed by atoms with Crippen molar-refractivity contribution in [2.75, 3.05) is 6.61 Å². The number of alkyl halides is 5. The average molecular weight is 269 g/mol. The topological polar surface area (TPSA) is 35.2 Å². The van der Waals surface area contributed by atoms with E-state index in [1.54, 1.807) is 6.92 Å². The second-order valence-corrected chi connectivity index (χ2v) is 3.60. The minimum Gasteiger partial charge on any atom is -0.494 e. The van der Waals surface area contributed by atoms with E-state index in [1.807, 2.05) is 0 Å². The minimum atomic E-state index is -5.68. The van der Waals surface area contributed by atoms with Crippen LogP contribution in [0.5, 0.6) is 5.75 Å². The molecule has 18 heavy (non-hydrogen) atoms. The summed E-state index contributed by atoms with van der Waals surface area (Å²) in [6.45, 7) is 2.08. The van der Waals surface area contributed by atoms with Gasteiger partial charge in [0.2, 0.25) is 0 Å². The van der Waals surface area contributed by atoms with Crippen molar-refractivity contribution in [1.29, 1.82) is 0 Å². The highest BCUT2D eigenvalue weighted by Gasteiger charge is 2.61. The summed E-state index contributed by atoms with van der Waals surface area (Å²) in [5, 5.41) is 0. The monoisotopic (exact) mass is 269 g/mol. The van der Waals surface area contributed by atoms with Crippen molar-refractivity contribution < 1.29 is 26.7 Å². The fraction of sp³-hybridized carbons (Fsp3) is 0.455. The lowest BCUT2D eigenvalue weighted by Crippen LogP contribution is -2.45. The maximum absolute atomic E-state index is 13.0. The Labute approximate surface area is 101 Å². The molecule has 0 bridgehead atoms. The smallest absolute Gasteiger partial charge is 0.455 e. The number of ether oxygens (including phenoxy) is 1. The van der Waals surface area contributed by atoms with E-state index >= 15 is 0 Å². The van der Waals surface area contributed by atoms with Crippen LogP contribution in [0.3, 0.4) is 0 Å². The Morgan fingerprint density at radius 2 is 1.61 bits per heavy atom. The minimum absolute atomic E-state index is 0.305. The molecule has 0 aliphatic rings. The predicted octanol–water partition coefficient (Wildman–Crippen LogP) is 3.28. The molecule has 0 aromatic heterocycles. The standard InChI is InChI=1S/C11H12F5NO/c1-2-18-8-5-3-7(4-6-8)9(17)10(12,13)11(14,15)16/h3-6,9H,2,17H2,1H3/t9-/m0/s1. The van der Waals surface area contributed by atoms with Gasteiger partial charge in [0, 0.05) is 0 Å². The van der Waals surface area contributed by atoms with E-state index in [1.165, 1.54) is 12.1 Å². The first-order valence-corrected chi connectivity index (χ1v) is 5.13. The Morgan fingerprint density at radius 3 is 2.00 bits per heavy atom. The third kappa shape index (κ3) is 2.90. The van der Waals surface area contributed by atoms with Crippen molar-refractivity contribution in [2.24, 2.45) is 5.73 Å². The van der Waals surface area contributed by atoms with E-state index in [-0.39, 0.29) is 5.56 Å². The molecule has 0 radical (unpaired) electrons. The van der Waals surface area contributed by atoms with Crippen LogP contribution >= 0.6 is 0 Å². The van der Waals surface area contributed by atoms with Gasteiger partial charge in [0.1, 0.15) is 11.8 Å². The number of halogens is 5. The van der Waals surface area contributed by atoms with E-state index in [0.717, 1.165) is 12.1 Å². The van der Waals surface area contributed by atoms with Gasteiger partial charge in [-0.2, -0.15) is 22.0 Å². The number of benzene rings is 1. The normalized spacial score (nSPS) is 14.4. The van der Waals surface area contributed by atoms with E-state index in [2.05, 4.69) is 0 Å². The van der Waals surface area contributed by atoms with Gasteiger partial charge in [-0.05, 0) is 24.6 Å². The quantitative estimate of drug-likeness (QED) is 0.851. The van der Waals surface area contributed by atoms with E-state index in [9.17, 15) is 22.0 Å². The van der Waals surface area contributed by atoms with Crippen LogP contribution in [0.4, 0.5) is 22.0 Å². The van der Waals surface area contributed by atoms with Crippen molar-refractivity contribution in [3.05, 3.63) is 29.8 Å². The molecule has 0 spiro atoms. The van der Waals surface area contributed by atoms with Crippen LogP contribution in [0.1, 0.15) is 18.5 Å². The van der Waals surface area contributed by atoms with E-state index in [0.29, 0.717) is 12.4 Å². The molecule has 0 saturated carbocycles. The highest BCUT2D eigenvalue weighted by atomic mass is 19.4. The molecule has 102 valence electrons. The fourth-order valence-corrected chi connectivity index (χ4v) is 1.32.